The number of pyridine rings is 1. The first kappa shape index (κ1) is 22.1. The topological polar surface area (TPSA) is 120 Å². The molecule has 0 atom stereocenters. The number of anilines is 1. The van der Waals surface area contributed by atoms with Gasteiger partial charge in [-0.3, -0.25) is 9.78 Å². The minimum absolute atomic E-state index is 0.173. The van der Waals surface area contributed by atoms with E-state index >= 15 is 0 Å². The summed E-state index contributed by atoms with van der Waals surface area (Å²) in [5, 5.41) is 5.60. The molecule has 0 spiro atoms. The molecule has 0 bridgehead atoms. The maximum Gasteiger partial charge on any atom is 0.344 e. The standard InChI is InChI=1S/C23H24N8O2S/c1-30-8-10-31(11-9-30)20-18-16(21(32)25-7-5-15-12-26-23(33)27-13-15)14-34-22(18)29-19(28-20)17-4-2-3-6-24-17/h2-4,6,12-14H,5,7-11H2,1H3,(H,25,32)(H,26,27,33). The second kappa shape index (κ2) is 9.65. The highest BCUT2D eigenvalue weighted by Crippen LogP contribution is 2.34. The zero-order chi connectivity index (χ0) is 23.5. The molecule has 0 aromatic carbocycles. The van der Waals surface area contributed by atoms with E-state index in [2.05, 4.69) is 37.1 Å². The monoisotopic (exact) mass is 476 g/mol. The third kappa shape index (κ3) is 4.66. The van der Waals surface area contributed by atoms with Crippen LogP contribution in [0.5, 0.6) is 0 Å². The van der Waals surface area contributed by atoms with Crippen LogP contribution in [0.3, 0.4) is 0 Å². The van der Waals surface area contributed by atoms with Gasteiger partial charge in [-0.25, -0.2) is 19.7 Å². The number of carbonyl (C=O) groups excluding carboxylic acids is 1. The minimum Gasteiger partial charge on any atom is -0.353 e. The Morgan fingerprint density at radius 1 is 1.18 bits per heavy atom. The molecule has 1 aliphatic heterocycles. The van der Waals surface area contributed by atoms with Crippen molar-refractivity contribution in [2.45, 2.75) is 6.42 Å². The Labute approximate surface area is 199 Å². The van der Waals surface area contributed by atoms with E-state index in [0.29, 0.717) is 30.0 Å². The van der Waals surface area contributed by atoms with Gasteiger partial charge in [0.15, 0.2) is 5.82 Å². The van der Waals surface area contributed by atoms with Crippen LogP contribution in [0.2, 0.25) is 0 Å². The molecule has 5 heterocycles. The van der Waals surface area contributed by atoms with Gasteiger partial charge in [0.1, 0.15) is 16.3 Å². The summed E-state index contributed by atoms with van der Waals surface area (Å²) in [6.07, 6.45) is 5.41. The van der Waals surface area contributed by atoms with Crippen molar-refractivity contribution in [1.82, 2.24) is 35.1 Å². The Hall–Kier alpha value is -3.70. The number of rotatable bonds is 6. The Bertz CT molecular complexity index is 1340. The van der Waals surface area contributed by atoms with Crippen molar-refractivity contribution < 1.29 is 4.79 Å². The van der Waals surface area contributed by atoms with Crippen molar-refractivity contribution in [3.8, 4) is 11.5 Å². The predicted octanol–water partition coefficient (Wildman–Crippen LogP) is 1.56. The molecular formula is C23H24N8O2S. The number of hydrogen-bond donors (Lipinski definition) is 2. The number of aromatic nitrogens is 5. The lowest BCUT2D eigenvalue weighted by atomic mass is 10.1. The van der Waals surface area contributed by atoms with Crippen molar-refractivity contribution in [1.29, 1.82) is 0 Å². The molecule has 1 aliphatic rings. The van der Waals surface area contributed by atoms with Crippen LogP contribution in [-0.4, -0.2) is 75.5 Å². The zero-order valence-corrected chi connectivity index (χ0v) is 19.5. The first-order valence-electron chi connectivity index (χ1n) is 11.0. The molecule has 4 aromatic rings. The third-order valence-corrected chi connectivity index (χ3v) is 6.66. The van der Waals surface area contributed by atoms with E-state index in [1.165, 1.54) is 17.5 Å². The van der Waals surface area contributed by atoms with Crippen molar-refractivity contribution in [3.05, 3.63) is 63.8 Å². The summed E-state index contributed by atoms with van der Waals surface area (Å²) in [4.78, 5) is 49.8. The van der Waals surface area contributed by atoms with E-state index in [9.17, 15) is 9.59 Å². The fourth-order valence-corrected chi connectivity index (χ4v) is 4.78. The number of likely N-dealkylation sites (N-methyl/N-ethyl adjacent to an activating group) is 1. The van der Waals surface area contributed by atoms with Gasteiger partial charge in [-0.2, -0.15) is 0 Å². The summed E-state index contributed by atoms with van der Waals surface area (Å²) in [5.74, 6) is 1.16. The zero-order valence-electron chi connectivity index (χ0n) is 18.7. The van der Waals surface area contributed by atoms with E-state index in [4.69, 9.17) is 9.97 Å². The predicted molar refractivity (Wildman–Crippen MR) is 131 cm³/mol. The number of piperazine rings is 1. The Balaban J connectivity index is 1.45. The number of hydrogen-bond acceptors (Lipinski definition) is 9. The number of fused-ring (bicyclic) bond motifs is 1. The van der Waals surface area contributed by atoms with E-state index in [1.54, 1.807) is 12.4 Å². The maximum atomic E-state index is 13.1. The lowest BCUT2D eigenvalue weighted by Crippen LogP contribution is -2.45. The van der Waals surface area contributed by atoms with E-state index in [0.717, 1.165) is 47.8 Å². The summed E-state index contributed by atoms with van der Waals surface area (Å²) in [6.45, 7) is 3.90. The van der Waals surface area contributed by atoms with Crippen LogP contribution in [0.1, 0.15) is 15.9 Å². The van der Waals surface area contributed by atoms with Crippen molar-refractivity contribution >= 4 is 33.3 Å². The Kier molecular flexibility index (Phi) is 6.28. The van der Waals surface area contributed by atoms with Crippen molar-refractivity contribution in [2.24, 2.45) is 0 Å². The van der Waals surface area contributed by atoms with Gasteiger partial charge in [-0.1, -0.05) is 6.07 Å². The number of nitrogens with one attached hydrogen (secondary N) is 2. The maximum absolute atomic E-state index is 13.1. The lowest BCUT2D eigenvalue weighted by Gasteiger charge is -2.33. The van der Waals surface area contributed by atoms with Gasteiger partial charge in [0.05, 0.1) is 10.9 Å². The average Bonchev–Trinajstić information content (AvgIpc) is 3.30. The number of carbonyl (C=O) groups is 1. The number of nitrogens with zero attached hydrogens (tertiary/aromatic N) is 6. The number of H-pyrrole nitrogens is 1. The van der Waals surface area contributed by atoms with Crippen LogP contribution in [0, 0.1) is 0 Å². The third-order valence-electron chi connectivity index (χ3n) is 5.78. The molecule has 34 heavy (non-hydrogen) atoms. The van der Waals surface area contributed by atoms with Crippen LogP contribution >= 0.6 is 11.3 Å². The quantitative estimate of drug-likeness (QED) is 0.430. The number of amides is 1. The van der Waals surface area contributed by atoms with Gasteiger partial charge in [-0.05, 0) is 31.2 Å². The largest absolute Gasteiger partial charge is 0.353 e. The summed E-state index contributed by atoms with van der Waals surface area (Å²) < 4.78 is 0. The molecule has 4 aromatic heterocycles. The molecule has 5 rings (SSSR count). The summed E-state index contributed by atoms with van der Waals surface area (Å²) in [6, 6.07) is 5.67. The first-order valence-corrected chi connectivity index (χ1v) is 11.9. The normalized spacial score (nSPS) is 14.4. The molecule has 174 valence electrons. The molecule has 10 nitrogen and oxygen atoms in total. The second-order valence-electron chi connectivity index (χ2n) is 8.14. The average molecular weight is 477 g/mol. The molecule has 0 unspecified atom stereocenters. The highest BCUT2D eigenvalue weighted by Gasteiger charge is 2.25. The van der Waals surface area contributed by atoms with E-state index < -0.39 is 0 Å². The molecular weight excluding hydrogens is 452 g/mol. The van der Waals surface area contributed by atoms with Gasteiger partial charge in [0, 0.05) is 56.7 Å². The summed E-state index contributed by atoms with van der Waals surface area (Å²) >= 11 is 1.43. The van der Waals surface area contributed by atoms with E-state index in [1.807, 2.05) is 23.6 Å². The van der Waals surface area contributed by atoms with Gasteiger partial charge >= 0.3 is 5.69 Å². The molecule has 1 amide bonds. The Morgan fingerprint density at radius 3 is 2.76 bits per heavy atom. The molecule has 2 N–H and O–H groups in total. The van der Waals surface area contributed by atoms with Crippen LogP contribution in [0.25, 0.3) is 21.7 Å². The lowest BCUT2D eigenvalue weighted by molar-refractivity contribution is 0.0956. The minimum atomic E-state index is -0.390. The molecule has 0 radical (unpaired) electrons. The fourth-order valence-electron chi connectivity index (χ4n) is 3.87. The molecule has 0 aliphatic carbocycles. The molecule has 1 fully saturated rings. The smallest absolute Gasteiger partial charge is 0.344 e. The highest BCUT2D eigenvalue weighted by molar-refractivity contribution is 7.17. The number of thiophene rings is 1. The fraction of sp³-hybridized carbons (Fsp3) is 0.304. The molecule has 11 heteroatoms. The SMILES string of the molecule is CN1CCN(c2nc(-c3ccccn3)nc3scc(C(=O)NCCc4cnc(=O)[nH]c4)c23)CC1. The van der Waals surface area contributed by atoms with Gasteiger partial charge < -0.3 is 20.1 Å². The van der Waals surface area contributed by atoms with Crippen LogP contribution < -0.4 is 15.9 Å². The highest BCUT2D eigenvalue weighted by atomic mass is 32.1. The van der Waals surface area contributed by atoms with Crippen LogP contribution in [0.15, 0.2) is 47.0 Å². The van der Waals surface area contributed by atoms with Gasteiger partial charge in [0.2, 0.25) is 0 Å². The Morgan fingerprint density at radius 2 is 2.03 bits per heavy atom. The summed E-state index contributed by atoms with van der Waals surface area (Å²) in [5.41, 5.74) is 1.73. The van der Waals surface area contributed by atoms with Gasteiger partial charge in [-0.15, -0.1) is 11.3 Å². The first-order chi connectivity index (χ1) is 16.6. The molecule has 1 saturated heterocycles. The number of aromatic amines is 1. The van der Waals surface area contributed by atoms with Crippen LogP contribution in [0.4, 0.5) is 5.82 Å². The van der Waals surface area contributed by atoms with Crippen molar-refractivity contribution in [3.63, 3.8) is 0 Å². The van der Waals surface area contributed by atoms with Crippen LogP contribution in [-0.2, 0) is 6.42 Å². The van der Waals surface area contributed by atoms with Gasteiger partial charge in [0.25, 0.3) is 5.91 Å². The van der Waals surface area contributed by atoms with Crippen molar-refractivity contribution in [2.75, 3.05) is 44.7 Å². The molecule has 0 saturated carbocycles. The van der Waals surface area contributed by atoms with E-state index in [-0.39, 0.29) is 11.6 Å². The summed E-state index contributed by atoms with van der Waals surface area (Å²) in [7, 11) is 2.10. The second-order valence-corrected chi connectivity index (χ2v) is 9.00.